The van der Waals surface area contributed by atoms with E-state index in [2.05, 4.69) is 15.5 Å². The van der Waals surface area contributed by atoms with Crippen LogP contribution in [0.2, 0.25) is 5.02 Å². The van der Waals surface area contributed by atoms with Crippen LogP contribution in [0.15, 0.2) is 54.6 Å². The molecular weight excluding hydrogens is 356 g/mol. The lowest BCUT2D eigenvalue weighted by Gasteiger charge is -2.18. The van der Waals surface area contributed by atoms with Crippen LogP contribution in [0.3, 0.4) is 0 Å². The Kier molecular flexibility index (Phi) is 5.63. The molecule has 0 aliphatic heterocycles. The summed E-state index contributed by atoms with van der Waals surface area (Å²) in [6.07, 6.45) is 0.318. The second-order valence-electron chi connectivity index (χ2n) is 5.53. The van der Waals surface area contributed by atoms with Crippen molar-refractivity contribution in [1.29, 1.82) is 0 Å². The van der Waals surface area contributed by atoms with Crippen LogP contribution in [0.4, 0.5) is 5.13 Å². The van der Waals surface area contributed by atoms with Gasteiger partial charge in [-0.05, 0) is 23.3 Å². The Labute approximate surface area is 154 Å². The van der Waals surface area contributed by atoms with Crippen molar-refractivity contribution >= 4 is 34.0 Å². The maximum absolute atomic E-state index is 12.4. The van der Waals surface area contributed by atoms with Gasteiger partial charge in [-0.2, -0.15) is 0 Å². The number of nitrogen functional groups attached to an aromatic ring is 1. The third-order valence-electron chi connectivity index (χ3n) is 3.76. The number of hydrogen-bond acceptors (Lipinski definition) is 5. The Bertz CT molecular complexity index is 853. The number of aromatic nitrogens is 2. The Morgan fingerprint density at radius 1 is 1.12 bits per heavy atom. The van der Waals surface area contributed by atoms with Crippen molar-refractivity contribution in [3.05, 3.63) is 75.8 Å². The zero-order chi connectivity index (χ0) is 17.6. The largest absolute Gasteiger partial charge is 0.374 e. The number of nitrogens with one attached hydrogen (secondary N) is 1. The van der Waals surface area contributed by atoms with Crippen molar-refractivity contribution in [2.45, 2.75) is 18.9 Å². The van der Waals surface area contributed by atoms with Crippen molar-refractivity contribution in [1.82, 2.24) is 15.5 Å². The van der Waals surface area contributed by atoms with Crippen LogP contribution in [-0.4, -0.2) is 16.1 Å². The van der Waals surface area contributed by atoms with Gasteiger partial charge in [0.05, 0.1) is 6.54 Å². The molecule has 7 heteroatoms. The predicted octanol–water partition coefficient (Wildman–Crippen LogP) is 3.61. The summed E-state index contributed by atoms with van der Waals surface area (Å²) in [5, 5.41) is 12.3. The summed E-state index contributed by atoms with van der Waals surface area (Å²) in [6, 6.07) is 17.5. The highest BCUT2D eigenvalue weighted by Gasteiger charge is 2.18. The summed E-state index contributed by atoms with van der Waals surface area (Å²) in [4.78, 5) is 12.4. The monoisotopic (exact) mass is 372 g/mol. The fourth-order valence-corrected chi connectivity index (χ4v) is 3.35. The van der Waals surface area contributed by atoms with E-state index >= 15 is 0 Å². The van der Waals surface area contributed by atoms with E-state index in [4.69, 9.17) is 17.3 Å². The van der Waals surface area contributed by atoms with Crippen molar-refractivity contribution in [3.8, 4) is 0 Å². The molecule has 1 heterocycles. The van der Waals surface area contributed by atoms with Crippen LogP contribution in [0.5, 0.6) is 0 Å². The molecule has 3 rings (SSSR count). The van der Waals surface area contributed by atoms with Gasteiger partial charge in [0.1, 0.15) is 5.01 Å². The Hall–Kier alpha value is -2.44. The number of halogens is 1. The summed E-state index contributed by atoms with van der Waals surface area (Å²) in [5.41, 5.74) is 7.63. The normalized spacial score (nSPS) is 11.9. The van der Waals surface area contributed by atoms with Crippen molar-refractivity contribution < 1.29 is 4.79 Å². The highest BCUT2D eigenvalue weighted by molar-refractivity contribution is 7.15. The number of carbonyl (C=O) groups is 1. The van der Waals surface area contributed by atoms with Crippen molar-refractivity contribution in [3.63, 3.8) is 0 Å². The lowest BCUT2D eigenvalue weighted by atomic mass is 9.88. The van der Waals surface area contributed by atoms with Gasteiger partial charge in [0.25, 0.3) is 0 Å². The Balaban J connectivity index is 1.74. The summed E-state index contributed by atoms with van der Waals surface area (Å²) in [7, 11) is 0. The summed E-state index contributed by atoms with van der Waals surface area (Å²) >= 11 is 7.40. The number of benzene rings is 2. The fourth-order valence-electron chi connectivity index (χ4n) is 2.61. The zero-order valence-electron chi connectivity index (χ0n) is 13.4. The minimum atomic E-state index is -0.0700. The third-order valence-corrected chi connectivity index (χ3v) is 4.75. The van der Waals surface area contributed by atoms with Crippen LogP contribution in [0.1, 0.15) is 28.5 Å². The molecule has 0 saturated heterocycles. The molecule has 0 spiro atoms. The maximum atomic E-state index is 12.4. The summed E-state index contributed by atoms with van der Waals surface area (Å²) < 4.78 is 0. The topological polar surface area (TPSA) is 80.9 Å². The Morgan fingerprint density at radius 3 is 2.56 bits per heavy atom. The van der Waals surface area contributed by atoms with Gasteiger partial charge in [0.15, 0.2) is 0 Å². The number of nitrogens with two attached hydrogens (primary N) is 1. The smallest absolute Gasteiger partial charge is 0.221 e. The van der Waals surface area contributed by atoms with Crippen molar-refractivity contribution in [2.24, 2.45) is 0 Å². The first-order valence-corrected chi connectivity index (χ1v) is 8.96. The van der Waals surface area contributed by atoms with Crippen LogP contribution < -0.4 is 11.1 Å². The van der Waals surface area contributed by atoms with E-state index < -0.39 is 0 Å². The molecule has 25 heavy (non-hydrogen) atoms. The molecule has 0 saturated carbocycles. The third kappa shape index (κ3) is 4.78. The van der Waals surface area contributed by atoms with Gasteiger partial charge in [-0.1, -0.05) is 65.4 Å². The van der Waals surface area contributed by atoms with Crippen molar-refractivity contribution in [2.75, 3.05) is 5.73 Å². The molecule has 0 fully saturated rings. The van der Waals surface area contributed by atoms with Crippen LogP contribution in [0, 0.1) is 0 Å². The van der Waals surface area contributed by atoms with Gasteiger partial charge >= 0.3 is 0 Å². The minimum absolute atomic E-state index is 0.0670. The molecule has 5 nitrogen and oxygen atoms in total. The van der Waals surface area contributed by atoms with E-state index in [1.165, 1.54) is 11.3 Å². The van der Waals surface area contributed by atoms with E-state index in [1.807, 2.05) is 54.6 Å². The van der Waals surface area contributed by atoms with E-state index in [0.29, 0.717) is 28.1 Å². The molecule has 1 atom stereocenters. The number of carbonyl (C=O) groups excluding carboxylic acids is 1. The van der Waals surface area contributed by atoms with Gasteiger partial charge in [0.2, 0.25) is 11.0 Å². The first kappa shape index (κ1) is 17.4. The average Bonchev–Trinajstić information content (AvgIpc) is 3.04. The Morgan fingerprint density at radius 2 is 1.88 bits per heavy atom. The maximum Gasteiger partial charge on any atom is 0.221 e. The standard InChI is InChI=1S/C18H17ClN4OS/c19-14-8-4-7-13(9-14)15(12-5-2-1-3-6-12)10-16(24)21-11-17-22-23-18(20)25-17/h1-9,15H,10-11H2,(H2,20,23)(H,21,24). The van der Waals surface area contributed by atoms with Gasteiger partial charge in [-0.15, -0.1) is 10.2 Å². The molecule has 1 unspecified atom stereocenters. The average molecular weight is 373 g/mol. The van der Waals surface area contributed by atoms with E-state index in [0.717, 1.165) is 11.1 Å². The van der Waals surface area contributed by atoms with Crippen LogP contribution in [0.25, 0.3) is 0 Å². The van der Waals surface area contributed by atoms with E-state index in [9.17, 15) is 4.79 Å². The molecule has 3 N–H and O–H groups in total. The van der Waals surface area contributed by atoms with E-state index in [1.54, 1.807) is 0 Å². The lowest BCUT2D eigenvalue weighted by Crippen LogP contribution is -2.25. The van der Waals surface area contributed by atoms with Gasteiger partial charge in [-0.25, -0.2) is 0 Å². The second kappa shape index (κ2) is 8.09. The van der Waals surface area contributed by atoms with Gasteiger partial charge < -0.3 is 11.1 Å². The summed E-state index contributed by atoms with van der Waals surface area (Å²) in [5.74, 6) is -0.137. The fraction of sp³-hybridized carbons (Fsp3) is 0.167. The molecule has 128 valence electrons. The number of nitrogens with zero attached hydrogens (tertiary/aromatic N) is 2. The molecule has 1 amide bonds. The molecule has 0 aliphatic rings. The quantitative estimate of drug-likeness (QED) is 0.692. The molecule has 0 bridgehead atoms. The molecule has 2 aromatic carbocycles. The SMILES string of the molecule is Nc1nnc(CNC(=O)CC(c2ccccc2)c2cccc(Cl)c2)s1. The molecular formula is C18H17ClN4OS. The number of anilines is 1. The number of rotatable bonds is 6. The number of hydrogen-bond donors (Lipinski definition) is 2. The minimum Gasteiger partial charge on any atom is -0.374 e. The first-order valence-electron chi connectivity index (χ1n) is 7.77. The molecule has 1 aromatic heterocycles. The second-order valence-corrected chi connectivity index (χ2v) is 7.06. The highest BCUT2D eigenvalue weighted by Crippen LogP contribution is 2.29. The molecule has 0 aliphatic carbocycles. The lowest BCUT2D eigenvalue weighted by molar-refractivity contribution is -0.121. The van der Waals surface area contributed by atoms with Crippen LogP contribution >= 0.6 is 22.9 Å². The zero-order valence-corrected chi connectivity index (χ0v) is 14.9. The molecule has 0 radical (unpaired) electrons. The van der Waals surface area contributed by atoms with E-state index in [-0.39, 0.29) is 11.8 Å². The first-order chi connectivity index (χ1) is 12.1. The van der Waals surface area contributed by atoms with Gasteiger partial charge in [0, 0.05) is 17.4 Å². The van der Waals surface area contributed by atoms with Crippen LogP contribution in [-0.2, 0) is 11.3 Å². The summed E-state index contributed by atoms with van der Waals surface area (Å²) in [6.45, 7) is 0.324. The highest BCUT2D eigenvalue weighted by atomic mass is 35.5. The number of amides is 1. The molecule has 3 aromatic rings. The predicted molar refractivity (Wildman–Crippen MR) is 101 cm³/mol. The van der Waals surface area contributed by atoms with Gasteiger partial charge in [-0.3, -0.25) is 4.79 Å².